The molecule has 0 atom stereocenters. The SMILES string of the molecule is CCCCN(CCCC)S(=O)(=O)c1ccc(-c2ccnc3c2ccc2c(-c4ccc(SOOOC)cc4)ccnc23)cc1.[Ru].c1ccc(-c2ccnc3c2ccc2c(-c4ccccc4)ccnc23)cc1.c1ccc(-c2ccnc3c2ccc2c(-c4ccccc4)ccnc23)cc1. The van der Waals surface area contributed by atoms with Gasteiger partial charge < -0.3 is 0 Å². The van der Waals surface area contributed by atoms with Crippen molar-refractivity contribution >= 4 is 87.5 Å². The van der Waals surface area contributed by atoms with Crippen molar-refractivity contribution in [1.82, 2.24) is 34.2 Å². The normalized spacial score (nSPS) is 11.4. The van der Waals surface area contributed by atoms with Gasteiger partial charge in [0.25, 0.3) is 0 Å². The Hall–Kier alpha value is -9.80. The Morgan fingerprint density at radius 2 is 0.604 bits per heavy atom. The van der Waals surface area contributed by atoms with Crippen LogP contribution in [0.4, 0.5) is 0 Å². The Labute approximate surface area is 576 Å². The summed E-state index contributed by atoms with van der Waals surface area (Å²) in [6.07, 6.45) is 14.7. The van der Waals surface area contributed by atoms with Crippen molar-refractivity contribution in [1.29, 1.82) is 0 Å². The summed E-state index contributed by atoms with van der Waals surface area (Å²) >= 11 is 1.06. The van der Waals surface area contributed by atoms with Crippen molar-refractivity contribution in [2.45, 2.75) is 49.3 Å². The molecule has 15 heteroatoms. The zero-order chi connectivity index (χ0) is 64.9. The average Bonchev–Trinajstić information content (AvgIpc) is 0.772. The number of sulfonamides is 1. The second-order valence-corrected chi connectivity index (χ2v) is 25.4. The molecule has 9 aromatic carbocycles. The zero-order valence-corrected chi connectivity index (χ0v) is 56.5. The van der Waals surface area contributed by atoms with Crippen LogP contribution in [0, 0.1) is 0 Å². The van der Waals surface area contributed by atoms with Crippen LogP contribution in [-0.4, -0.2) is 62.8 Å². The molecule has 0 aliphatic heterocycles. The number of hydrogen-bond donors (Lipinski definition) is 0. The van der Waals surface area contributed by atoms with Crippen molar-refractivity contribution < 1.29 is 42.2 Å². The molecule has 0 bridgehead atoms. The average molecular weight is 1380 g/mol. The van der Waals surface area contributed by atoms with Gasteiger partial charge >= 0.3 is 0 Å². The molecular formula is C81H67N7O5RuS2. The molecule has 0 unspecified atom stereocenters. The molecule has 0 spiro atoms. The fraction of sp³-hybridized carbons (Fsp3) is 0.111. The predicted octanol–water partition coefficient (Wildman–Crippen LogP) is 20.5. The van der Waals surface area contributed by atoms with Gasteiger partial charge in [-0.3, -0.25) is 29.9 Å². The minimum Gasteiger partial charge on any atom is -0.254 e. The molecule has 0 amide bonds. The minimum atomic E-state index is -3.56. The minimum absolute atomic E-state index is 0. The van der Waals surface area contributed by atoms with Crippen LogP contribution < -0.4 is 0 Å². The number of fused-ring (bicyclic) bond motifs is 9. The summed E-state index contributed by atoms with van der Waals surface area (Å²) in [5.41, 5.74) is 18.8. The summed E-state index contributed by atoms with van der Waals surface area (Å²) in [4.78, 5) is 33.7. The van der Waals surface area contributed by atoms with Crippen molar-refractivity contribution in [2.75, 3.05) is 20.2 Å². The van der Waals surface area contributed by atoms with Crippen LogP contribution in [0.3, 0.4) is 0 Å². The summed E-state index contributed by atoms with van der Waals surface area (Å²) in [5.74, 6) is 0. The fourth-order valence-corrected chi connectivity index (χ4v) is 14.1. The summed E-state index contributed by atoms with van der Waals surface area (Å²) in [6, 6.07) is 81.9. The Kier molecular flexibility index (Phi) is 21.5. The van der Waals surface area contributed by atoms with E-state index >= 15 is 0 Å². The third kappa shape index (κ3) is 14.3. The third-order valence-corrected chi connectivity index (χ3v) is 19.4. The third-order valence-electron chi connectivity index (χ3n) is 16.9. The number of pyridine rings is 6. The van der Waals surface area contributed by atoms with E-state index in [1.54, 1.807) is 28.8 Å². The van der Waals surface area contributed by atoms with Crippen LogP contribution in [-0.2, 0) is 43.8 Å². The first-order chi connectivity index (χ1) is 46.8. The van der Waals surface area contributed by atoms with Crippen molar-refractivity contribution in [3.8, 4) is 66.8 Å². The number of rotatable bonds is 18. The van der Waals surface area contributed by atoms with Gasteiger partial charge in [0, 0.05) is 107 Å². The van der Waals surface area contributed by atoms with E-state index in [2.05, 4.69) is 201 Å². The van der Waals surface area contributed by atoms with Gasteiger partial charge in [0.1, 0.15) is 0 Å². The largest absolute Gasteiger partial charge is 0.254 e. The van der Waals surface area contributed by atoms with Gasteiger partial charge in [-0.2, -0.15) is 4.31 Å². The topological polar surface area (TPSA) is 142 Å². The summed E-state index contributed by atoms with van der Waals surface area (Å²) in [6.45, 7) is 5.23. The van der Waals surface area contributed by atoms with Crippen molar-refractivity contribution in [3.05, 3.63) is 280 Å². The van der Waals surface area contributed by atoms with E-state index in [-0.39, 0.29) is 19.5 Å². The Balaban J connectivity index is 0.000000144. The van der Waals surface area contributed by atoms with E-state index in [9.17, 15) is 8.42 Å². The van der Waals surface area contributed by atoms with Crippen LogP contribution in [0.15, 0.2) is 290 Å². The molecule has 15 rings (SSSR count). The summed E-state index contributed by atoms with van der Waals surface area (Å²) in [5, 5.41) is 10.9. The first-order valence-corrected chi connectivity index (χ1v) is 34.0. The first kappa shape index (κ1) is 66.2. The molecule has 0 radical (unpaired) electrons. The van der Waals surface area contributed by atoms with Crippen LogP contribution in [0.5, 0.6) is 0 Å². The number of hydrogen-bond acceptors (Lipinski definition) is 12. The molecule has 6 heterocycles. The summed E-state index contributed by atoms with van der Waals surface area (Å²) < 4.78 is 33.4. The van der Waals surface area contributed by atoms with Crippen molar-refractivity contribution in [2.24, 2.45) is 0 Å². The Morgan fingerprint density at radius 1 is 0.344 bits per heavy atom. The Morgan fingerprint density at radius 3 is 0.865 bits per heavy atom. The van der Waals surface area contributed by atoms with Gasteiger partial charge in [-0.1, -0.05) is 214 Å². The second-order valence-electron chi connectivity index (χ2n) is 22.7. The molecule has 0 saturated heterocycles. The van der Waals surface area contributed by atoms with E-state index in [0.717, 1.165) is 130 Å². The number of nitrogens with zero attached hydrogens (tertiary/aromatic N) is 7. The molecule has 12 nitrogen and oxygen atoms in total. The molecule has 0 fully saturated rings. The predicted molar refractivity (Wildman–Crippen MR) is 387 cm³/mol. The van der Waals surface area contributed by atoms with E-state index < -0.39 is 10.0 Å². The Bertz CT molecular complexity index is 4860. The quantitative estimate of drug-likeness (QED) is 0.0201. The van der Waals surface area contributed by atoms with Gasteiger partial charge in [0.2, 0.25) is 10.0 Å². The molecule has 96 heavy (non-hydrogen) atoms. The second kappa shape index (κ2) is 31.2. The molecule has 0 N–H and O–H groups in total. The molecule has 0 aliphatic carbocycles. The van der Waals surface area contributed by atoms with E-state index in [1.165, 1.54) is 51.6 Å². The molecule has 0 saturated carbocycles. The van der Waals surface area contributed by atoms with Crippen LogP contribution in [0.25, 0.3) is 132 Å². The maximum Gasteiger partial charge on any atom is 0.243 e. The zero-order valence-electron chi connectivity index (χ0n) is 53.1. The maximum atomic E-state index is 13.5. The molecular weight excluding hydrogens is 1320 g/mol. The number of aromatic nitrogens is 6. The van der Waals surface area contributed by atoms with Gasteiger partial charge in [-0.15, -0.1) is 4.33 Å². The molecule has 476 valence electrons. The van der Waals surface area contributed by atoms with Gasteiger partial charge in [0.05, 0.1) is 57.1 Å². The number of unbranched alkanes of at least 4 members (excludes halogenated alkanes) is 2. The van der Waals surface area contributed by atoms with E-state index in [1.807, 2.05) is 97.6 Å². The smallest absolute Gasteiger partial charge is 0.243 e. The molecule has 6 aromatic heterocycles. The van der Waals surface area contributed by atoms with Crippen LogP contribution in [0.2, 0.25) is 0 Å². The van der Waals surface area contributed by atoms with Crippen LogP contribution in [0.1, 0.15) is 39.5 Å². The standard InChI is InChI=1S/C33H35N3O5S2.2C24H16N2.Ru/c1-4-6-22-36(23-7-5-2)43(37,38)27-14-10-25(11-15-27)29-19-21-35-33-31(29)17-16-30-28(18-20-34-32(30)33)24-8-12-26(13-9-24)42-41-40-39-3;2*1-3-7-17(8-4-1)19-13-15-25-23-21(19)11-12-22-20(14-16-26-24(22)23)18-9-5-2-6-10-18;/h8-21H,4-7,22-23H2,1-3H3;2*1-16H;. The first-order valence-electron chi connectivity index (χ1n) is 31.8. The van der Waals surface area contributed by atoms with Gasteiger partial charge in [0.15, 0.2) is 0 Å². The van der Waals surface area contributed by atoms with Crippen LogP contribution >= 0.6 is 12.0 Å². The van der Waals surface area contributed by atoms with E-state index in [4.69, 9.17) is 14.3 Å². The number of benzene rings is 9. The maximum absolute atomic E-state index is 13.5. The molecule has 0 aliphatic rings. The van der Waals surface area contributed by atoms with E-state index in [0.29, 0.717) is 18.0 Å². The van der Waals surface area contributed by atoms with Gasteiger partial charge in [-0.05, 0) is 140 Å². The molecule has 15 aromatic rings. The fourth-order valence-electron chi connectivity index (χ4n) is 12.2. The monoisotopic (exact) mass is 1380 g/mol. The van der Waals surface area contributed by atoms with Crippen molar-refractivity contribution in [3.63, 3.8) is 0 Å². The van der Waals surface area contributed by atoms with Gasteiger partial charge in [-0.25, -0.2) is 13.3 Å². The summed E-state index contributed by atoms with van der Waals surface area (Å²) in [7, 11) is -2.19.